The van der Waals surface area contributed by atoms with Crippen LogP contribution in [0.5, 0.6) is 0 Å². The van der Waals surface area contributed by atoms with E-state index in [1.807, 2.05) is 61.5 Å². The lowest BCUT2D eigenvalue weighted by atomic mass is 10.1. The molecule has 0 radical (unpaired) electrons. The highest BCUT2D eigenvalue weighted by Crippen LogP contribution is 2.20. The van der Waals surface area contributed by atoms with Crippen molar-refractivity contribution in [1.29, 1.82) is 0 Å². The number of aromatic nitrogens is 1. The van der Waals surface area contributed by atoms with Crippen LogP contribution in [0, 0.1) is 6.92 Å². The van der Waals surface area contributed by atoms with E-state index < -0.39 is 0 Å². The van der Waals surface area contributed by atoms with Crippen molar-refractivity contribution >= 4 is 23.4 Å². The van der Waals surface area contributed by atoms with E-state index in [1.54, 1.807) is 13.1 Å². The Bertz CT molecular complexity index is 1050. The van der Waals surface area contributed by atoms with Crippen LogP contribution in [0.25, 0.3) is 11.3 Å². The van der Waals surface area contributed by atoms with Gasteiger partial charge in [0.05, 0.1) is 17.0 Å². The van der Waals surface area contributed by atoms with Crippen LogP contribution in [-0.2, 0) is 17.8 Å². The first-order valence-electron chi connectivity index (χ1n) is 9.76. The highest BCUT2D eigenvalue weighted by molar-refractivity contribution is 6.30. The Morgan fingerprint density at radius 1 is 1.00 bits per heavy atom. The zero-order valence-corrected chi connectivity index (χ0v) is 17.8. The first-order valence-corrected chi connectivity index (χ1v) is 10.1. The molecule has 154 valence electrons. The summed E-state index contributed by atoms with van der Waals surface area (Å²) in [5.74, 6) is -0.144. The smallest absolute Gasteiger partial charge is 0.252 e. The molecule has 5 nitrogen and oxygen atoms in total. The van der Waals surface area contributed by atoms with Gasteiger partial charge in [0.15, 0.2) is 0 Å². The van der Waals surface area contributed by atoms with Crippen LogP contribution >= 0.6 is 11.6 Å². The fourth-order valence-electron chi connectivity index (χ4n) is 3.13. The molecule has 30 heavy (non-hydrogen) atoms. The zero-order chi connectivity index (χ0) is 21.5. The Balaban J connectivity index is 1.55. The van der Waals surface area contributed by atoms with E-state index in [0.29, 0.717) is 35.7 Å². The highest BCUT2D eigenvalue weighted by atomic mass is 35.5. The first kappa shape index (κ1) is 21.5. The van der Waals surface area contributed by atoms with Crippen LogP contribution in [0.15, 0.2) is 60.7 Å². The summed E-state index contributed by atoms with van der Waals surface area (Å²) in [6, 6.07) is 19.0. The summed E-state index contributed by atoms with van der Waals surface area (Å²) in [5, 5.41) is 6.24. The number of aryl methyl sites for hydroxylation is 2. The van der Waals surface area contributed by atoms with Crippen molar-refractivity contribution < 1.29 is 9.59 Å². The molecular formula is C24H24ClN3O2. The Kier molecular flexibility index (Phi) is 7.20. The minimum Gasteiger partial charge on any atom is -0.355 e. The Morgan fingerprint density at radius 2 is 1.77 bits per heavy atom. The van der Waals surface area contributed by atoms with E-state index in [1.165, 1.54) is 0 Å². The normalized spacial score (nSPS) is 10.5. The van der Waals surface area contributed by atoms with Gasteiger partial charge >= 0.3 is 0 Å². The molecule has 1 heterocycles. The molecule has 0 saturated heterocycles. The second-order valence-electron chi connectivity index (χ2n) is 7.01. The molecule has 0 unspecified atom stereocenters. The number of carbonyl (C=O) groups is 2. The van der Waals surface area contributed by atoms with Gasteiger partial charge in [-0.2, -0.15) is 0 Å². The van der Waals surface area contributed by atoms with Gasteiger partial charge in [-0.25, -0.2) is 0 Å². The number of pyridine rings is 1. The minimum atomic E-state index is -0.145. The van der Waals surface area contributed by atoms with E-state index in [2.05, 4.69) is 15.6 Å². The minimum absolute atomic E-state index is 0.00105. The Labute approximate surface area is 181 Å². The van der Waals surface area contributed by atoms with Crippen molar-refractivity contribution in [1.82, 2.24) is 15.6 Å². The van der Waals surface area contributed by atoms with Crippen LogP contribution in [-0.4, -0.2) is 23.8 Å². The quantitative estimate of drug-likeness (QED) is 0.596. The van der Waals surface area contributed by atoms with Crippen molar-refractivity contribution in [2.45, 2.75) is 26.3 Å². The second-order valence-corrected chi connectivity index (χ2v) is 7.45. The number of amides is 2. The van der Waals surface area contributed by atoms with Crippen molar-refractivity contribution in [3.8, 4) is 11.3 Å². The van der Waals surface area contributed by atoms with Gasteiger partial charge < -0.3 is 10.6 Å². The topological polar surface area (TPSA) is 71.1 Å². The molecule has 0 saturated carbocycles. The average molecular weight is 422 g/mol. The number of rotatable bonds is 7. The van der Waals surface area contributed by atoms with Crippen LogP contribution in [0.4, 0.5) is 0 Å². The highest BCUT2D eigenvalue weighted by Gasteiger charge is 2.10. The van der Waals surface area contributed by atoms with Crippen LogP contribution in [0.2, 0.25) is 5.02 Å². The molecule has 0 atom stereocenters. The van der Waals surface area contributed by atoms with Gasteiger partial charge in [-0.1, -0.05) is 48.0 Å². The van der Waals surface area contributed by atoms with E-state index in [0.717, 1.165) is 22.4 Å². The van der Waals surface area contributed by atoms with E-state index in [4.69, 9.17) is 11.6 Å². The zero-order valence-electron chi connectivity index (χ0n) is 17.0. The molecule has 0 fully saturated rings. The third-order valence-electron chi connectivity index (χ3n) is 4.83. The van der Waals surface area contributed by atoms with Gasteiger partial charge in [0.2, 0.25) is 5.91 Å². The van der Waals surface area contributed by atoms with Crippen molar-refractivity contribution in [2.24, 2.45) is 0 Å². The summed E-state index contributed by atoms with van der Waals surface area (Å²) in [4.78, 5) is 28.5. The summed E-state index contributed by atoms with van der Waals surface area (Å²) >= 11 is 5.97. The average Bonchev–Trinajstić information content (AvgIpc) is 2.76. The van der Waals surface area contributed by atoms with Crippen LogP contribution < -0.4 is 10.6 Å². The summed E-state index contributed by atoms with van der Waals surface area (Å²) < 4.78 is 0. The predicted molar refractivity (Wildman–Crippen MR) is 119 cm³/mol. The number of carbonyl (C=O) groups excluding carboxylic acids is 2. The predicted octanol–water partition coefficient (Wildman–Crippen LogP) is 4.32. The Hall–Kier alpha value is -3.18. The number of benzene rings is 2. The lowest BCUT2D eigenvalue weighted by Crippen LogP contribution is -2.22. The molecule has 0 aliphatic heterocycles. The van der Waals surface area contributed by atoms with Gasteiger partial charge in [0.1, 0.15) is 0 Å². The summed E-state index contributed by atoms with van der Waals surface area (Å²) in [6.07, 6.45) is 1.07. The van der Waals surface area contributed by atoms with Gasteiger partial charge in [-0.15, -0.1) is 0 Å². The first-order chi connectivity index (χ1) is 14.5. The molecule has 0 aliphatic rings. The molecule has 0 aliphatic carbocycles. The Morgan fingerprint density at radius 3 is 2.43 bits per heavy atom. The van der Waals surface area contributed by atoms with Crippen molar-refractivity contribution in [3.63, 3.8) is 0 Å². The van der Waals surface area contributed by atoms with Gasteiger partial charge in [0, 0.05) is 30.6 Å². The van der Waals surface area contributed by atoms with Crippen molar-refractivity contribution in [3.05, 3.63) is 88.1 Å². The van der Waals surface area contributed by atoms with Gasteiger partial charge in [-0.05, 0) is 48.7 Å². The van der Waals surface area contributed by atoms with E-state index >= 15 is 0 Å². The van der Waals surface area contributed by atoms with Crippen LogP contribution in [0.1, 0.15) is 33.6 Å². The summed E-state index contributed by atoms with van der Waals surface area (Å²) in [7, 11) is 1.60. The maximum Gasteiger partial charge on any atom is 0.252 e. The van der Waals surface area contributed by atoms with Crippen molar-refractivity contribution in [2.75, 3.05) is 7.05 Å². The SMILES string of the molecule is CNC(=O)c1ccc(-c2ccc(CNC(=O)CCc3cccc(Cl)c3)cc2)nc1C. The molecule has 6 heteroatoms. The van der Waals surface area contributed by atoms with E-state index in [-0.39, 0.29) is 11.8 Å². The summed E-state index contributed by atoms with van der Waals surface area (Å²) in [5.41, 5.74) is 5.07. The number of nitrogens with one attached hydrogen (secondary N) is 2. The lowest BCUT2D eigenvalue weighted by Gasteiger charge is -2.09. The fraction of sp³-hybridized carbons (Fsp3) is 0.208. The molecule has 1 aromatic heterocycles. The standard InChI is InChI=1S/C24H24ClN3O2/c1-16-21(24(30)26-2)11-12-22(28-16)19-9-6-18(7-10-19)15-27-23(29)13-8-17-4-3-5-20(25)14-17/h3-7,9-12,14H,8,13,15H2,1-2H3,(H,26,30)(H,27,29). The molecule has 2 N–H and O–H groups in total. The number of hydrogen-bond donors (Lipinski definition) is 2. The van der Waals surface area contributed by atoms with E-state index in [9.17, 15) is 9.59 Å². The number of halogens is 1. The van der Waals surface area contributed by atoms with Gasteiger partial charge in [0.25, 0.3) is 5.91 Å². The monoisotopic (exact) mass is 421 g/mol. The molecule has 3 rings (SSSR count). The molecule has 2 amide bonds. The van der Waals surface area contributed by atoms with Crippen LogP contribution in [0.3, 0.4) is 0 Å². The second kappa shape index (κ2) is 10.0. The third kappa shape index (κ3) is 5.67. The van der Waals surface area contributed by atoms with Gasteiger partial charge in [-0.3, -0.25) is 14.6 Å². The number of hydrogen-bond acceptors (Lipinski definition) is 3. The maximum atomic E-state index is 12.1. The molecular weight excluding hydrogens is 398 g/mol. The number of nitrogens with zero attached hydrogens (tertiary/aromatic N) is 1. The molecule has 0 spiro atoms. The molecule has 2 aromatic carbocycles. The molecule has 3 aromatic rings. The summed E-state index contributed by atoms with van der Waals surface area (Å²) in [6.45, 7) is 2.29. The molecule has 0 bridgehead atoms. The maximum absolute atomic E-state index is 12.1. The third-order valence-corrected chi connectivity index (χ3v) is 5.06. The largest absolute Gasteiger partial charge is 0.355 e. The fourth-order valence-corrected chi connectivity index (χ4v) is 3.34. The lowest BCUT2D eigenvalue weighted by molar-refractivity contribution is -0.121.